The fourth-order valence-corrected chi connectivity index (χ4v) is 3.54. The van der Waals surface area contributed by atoms with Crippen molar-refractivity contribution in [3.05, 3.63) is 57.5 Å². The summed E-state index contributed by atoms with van der Waals surface area (Å²) in [5, 5.41) is 19.9. The van der Waals surface area contributed by atoms with Gasteiger partial charge in [0.2, 0.25) is 5.75 Å². The maximum absolute atomic E-state index is 13.0. The molecule has 0 radical (unpaired) electrons. The number of aromatic nitrogens is 2. The molecule has 198 valence electrons. The second-order valence-electron chi connectivity index (χ2n) is 7.91. The van der Waals surface area contributed by atoms with Gasteiger partial charge in [0.05, 0.1) is 12.1 Å². The van der Waals surface area contributed by atoms with Gasteiger partial charge in [0.25, 0.3) is 11.5 Å². The molecule has 10 nitrogen and oxygen atoms in total. The summed E-state index contributed by atoms with van der Waals surface area (Å²) in [6.07, 6.45) is -4.44. The number of carbonyl (C=O) groups is 2. The minimum atomic E-state index is -5.08. The largest absolute Gasteiger partial charge is 0.501 e. The SMILES string of the molecule is CCO[C@@H]1C[C@@H](c2nc(C(=O)NCc3ccc(F)cc3)c(O)c(=O)n2C)N(C)C1.O=C(O)C(F)(F)F. The number of likely N-dealkylation sites (N-methyl/N-ethyl adjacent to an activating group) is 1. The number of hydrogen-bond acceptors (Lipinski definition) is 7. The zero-order valence-electron chi connectivity index (χ0n) is 19.7. The number of benzene rings is 1. The van der Waals surface area contributed by atoms with Crippen molar-refractivity contribution >= 4 is 11.9 Å². The summed E-state index contributed by atoms with van der Waals surface area (Å²) in [5.41, 5.74) is -0.327. The number of carboxylic acids is 1. The lowest BCUT2D eigenvalue weighted by molar-refractivity contribution is -0.192. The summed E-state index contributed by atoms with van der Waals surface area (Å²) in [7, 11) is 3.42. The van der Waals surface area contributed by atoms with Gasteiger partial charge in [-0.05, 0) is 38.1 Å². The van der Waals surface area contributed by atoms with Crippen LogP contribution in [-0.4, -0.2) is 69.0 Å². The van der Waals surface area contributed by atoms with Crippen LogP contribution in [0.15, 0.2) is 29.1 Å². The van der Waals surface area contributed by atoms with E-state index < -0.39 is 29.4 Å². The second kappa shape index (κ2) is 11.9. The van der Waals surface area contributed by atoms with Gasteiger partial charge in [-0.25, -0.2) is 14.2 Å². The molecule has 2 aromatic rings. The van der Waals surface area contributed by atoms with Crippen molar-refractivity contribution in [1.29, 1.82) is 0 Å². The highest BCUT2D eigenvalue weighted by Crippen LogP contribution is 2.31. The van der Waals surface area contributed by atoms with Crippen LogP contribution in [-0.2, 0) is 23.1 Å². The van der Waals surface area contributed by atoms with E-state index in [1.165, 1.54) is 23.7 Å². The molecule has 36 heavy (non-hydrogen) atoms. The Hall–Kier alpha value is -3.52. The van der Waals surface area contributed by atoms with Gasteiger partial charge < -0.3 is 20.3 Å². The topological polar surface area (TPSA) is 134 Å². The number of rotatable bonds is 6. The van der Waals surface area contributed by atoms with Crippen LogP contribution in [0.2, 0.25) is 0 Å². The van der Waals surface area contributed by atoms with Crippen LogP contribution in [0.3, 0.4) is 0 Å². The maximum Gasteiger partial charge on any atom is 0.490 e. The number of likely N-dealkylation sites (tertiary alicyclic amines) is 1. The molecule has 14 heteroatoms. The van der Waals surface area contributed by atoms with E-state index in [9.17, 15) is 32.3 Å². The molecular weight excluding hydrogens is 492 g/mol. The van der Waals surface area contributed by atoms with Gasteiger partial charge in [0, 0.05) is 26.7 Å². The molecular formula is C22H26F4N4O6. The van der Waals surface area contributed by atoms with Crippen LogP contribution in [0.4, 0.5) is 17.6 Å². The minimum Gasteiger partial charge on any atom is -0.501 e. The van der Waals surface area contributed by atoms with Crippen molar-refractivity contribution in [3.63, 3.8) is 0 Å². The van der Waals surface area contributed by atoms with E-state index in [0.29, 0.717) is 31.0 Å². The number of carbonyl (C=O) groups excluding carboxylic acids is 1. The Morgan fingerprint density at radius 1 is 1.22 bits per heavy atom. The number of ether oxygens (including phenoxy) is 1. The van der Waals surface area contributed by atoms with Gasteiger partial charge in [0.1, 0.15) is 11.6 Å². The van der Waals surface area contributed by atoms with Gasteiger partial charge in [0.15, 0.2) is 5.69 Å². The molecule has 0 spiro atoms. The molecule has 1 aliphatic rings. The molecule has 1 fully saturated rings. The number of halogens is 4. The van der Waals surface area contributed by atoms with Crippen LogP contribution in [0, 0.1) is 5.82 Å². The smallest absolute Gasteiger partial charge is 0.490 e. The molecule has 0 aliphatic carbocycles. The molecule has 0 bridgehead atoms. The Bertz CT molecular complexity index is 1140. The summed E-state index contributed by atoms with van der Waals surface area (Å²) in [6.45, 7) is 3.30. The lowest BCUT2D eigenvalue weighted by Crippen LogP contribution is -2.33. The second-order valence-corrected chi connectivity index (χ2v) is 7.91. The van der Waals surface area contributed by atoms with Gasteiger partial charge in [-0.1, -0.05) is 12.1 Å². The minimum absolute atomic E-state index is 0.0106. The summed E-state index contributed by atoms with van der Waals surface area (Å²) < 4.78 is 51.7. The number of hydrogen-bond donors (Lipinski definition) is 3. The molecule has 1 aromatic carbocycles. The number of carboxylic acid groups (broad SMARTS) is 1. The van der Waals surface area contributed by atoms with Gasteiger partial charge in [-0.2, -0.15) is 13.2 Å². The third-order valence-corrected chi connectivity index (χ3v) is 5.34. The summed E-state index contributed by atoms with van der Waals surface area (Å²) in [6, 6.07) is 5.45. The first kappa shape index (κ1) is 28.7. The van der Waals surface area contributed by atoms with Gasteiger partial charge >= 0.3 is 12.1 Å². The molecule has 2 heterocycles. The van der Waals surface area contributed by atoms with Gasteiger partial charge in [-0.3, -0.25) is 19.1 Å². The maximum atomic E-state index is 13.0. The number of aromatic hydroxyl groups is 1. The molecule has 3 N–H and O–H groups in total. The molecule has 1 aromatic heterocycles. The van der Waals surface area contributed by atoms with E-state index in [4.69, 9.17) is 14.6 Å². The number of amides is 1. The lowest BCUT2D eigenvalue weighted by Gasteiger charge is -2.21. The van der Waals surface area contributed by atoms with Crippen LogP contribution >= 0.6 is 0 Å². The Balaban J connectivity index is 0.000000572. The van der Waals surface area contributed by atoms with Crippen LogP contribution in [0.1, 0.15) is 41.3 Å². The number of nitrogens with one attached hydrogen (secondary N) is 1. The zero-order chi connectivity index (χ0) is 27.2. The number of nitrogens with zero attached hydrogens (tertiary/aromatic N) is 3. The van der Waals surface area contributed by atoms with Crippen molar-refractivity contribution < 1.29 is 42.1 Å². The first-order chi connectivity index (χ1) is 16.8. The first-order valence-electron chi connectivity index (χ1n) is 10.7. The van der Waals surface area contributed by atoms with Crippen molar-refractivity contribution in [3.8, 4) is 5.75 Å². The van der Waals surface area contributed by atoms with E-state index in [1.54, 1.807) is 12.1 Å². The molecule has 1 saturated heterocycles. The fraction of sp³-hybridized carbons (Fsp3) is 0.455. The lowest BCUT2D eigenvalue weighted by atomic mass is 10.1. The van der Waals surface area contributed by atoms with Crippen molar-refractivity contribution in [2.75, 3.05) is 20.2 Å². The number of aliphatic carboxylic acids is 1. The van der Waals surface area contributed by atoms with E-state index >= 15 is 0 Å². The van der Waals surface area contributed by atoms with Crippen molar-refractivity contribution in [2.45, 2.75) is 38.2 Å². The summed E-state index contributed by atoms with van der Waals surface area (Å²) in [5.74, 6) is -4.11. The van der Waals surface area contributed by atoms with Crippen molar-refractivity contribution in [2.24, 2.45) is 7.05 Å². The molecule has 1 aliphatic heterocycles. The van der Waals surface area contributed by atoms with E-state index in [1.807, 2.05) is 18.9 Å². The normalized spacial score (nSPS) is 17.9. The summed E-state index contributed by atoms with van der Waals surface area (Å²) >= 11 is 0. The van der Waals surface area contributed by atoms with E-state index in [2.05, 4.69) is 10.3 Å². The third-order valence-electron chi connectivity index (χ3n) is 5.34. The average molecular weight is 518 g/mol. The zero-order valence-corrected chi connectivity index (χ0v) is 19.7. The van der Waals surface area contributed by atoms with Crippen LogP contribution in [0.5, 0.6) is 5.75 Å². The third kappa shape index (κ3) is 7.24. The molecule has 3 rings (SSSR count). The van der Waals surface area contributed by atoms with E-state index in [0.717, 1.165) is 0 Å². The highest BCUT2D eigenvalue weighted by Gasteiger charge is 2.38. The van der Waals surface area contributed by atoms with E-state index in [-0.39, 0.29) is 30.2 Å². The monoisotopic (exact) mass is 518 g/mol. The van der Waals surface area contributed by atoms with Crippen molar-refractivity contribution in [1.82, 2.24) is 19.8 Å². The Morgan fingerprint density at radius 3 is 2.33 bits per heavy atom. The Morgan fingerprint density at radius 2 is 1.81 bits per heavy atom. The molecule has 2 atom stereocenters. The first-order valence-corrected chi connectivity index (χ1v) is 10.7. The van der Waals surface area contributed by atoms with Gasteiger partial charge in [-0.15, -0.1) is 0 Å². The highest BCUT2D eigenvalue weighted by molar-refractivity contribution is 5.94. The van der Waals surface area contributed by atoms with Crippen LogP contribution in [0.25, 0.3) is 0 Å². The summed E-state index contributed by atoms with van der Waals surface area (Å²) in [4.78, 5) is 40.3. The predicted molar refractivity (Wildman–Crippen MR) is 118 cm³/mol. The molecule has 1 amide bonds. The highest BCUT2D eigenvalue weighted by atomic mass is 19.4. The molecule has 0 unspecified atom stereocenters. The number of alkyl halides is 3. The Kier molecular flexibility index (Phi) is 9.53. The standard InChI is InChI=1S/C20H25FN4O4.C2HF3O2/c1-4-29-14-9-15(24(2)11-14)18-23-16(17(26)20(28)25(18)3)19(27)22-10-12-5-7-13(21)8-6-12;3-2(4,5)1(6)7/h5-8,14-15,26H,4,9-11H2,1-3H3,(H,22,27);(H,6,7)/t14-,15+;/m1./s1. The molecule has 0 saturated carbocycles. The fourth-order valence-electron chi connectivity index (χ4n) is 3.54. The van der Waals surface area contributed by atoms with Crippen LogP contribution < -0.4 is 10.9 Å². The predicted octanol–water partition coefficient (Wildman–Crippen LogP) is 1.97. The Labute approximate surface area is 203 Å². The quantitative estimate of drug-likeness (QED) is 0.495. The average Bonchev–Trinajstić information content (AvgIpc) is 3.17.